The number of nitrogens with zero attached hydrogens (tertiary/aromatic N) is 2. The minimum Gasteiger partial charge on any atom is -0.356 e. The Bertz CT molecular complexity index is 924. The predicted molar refractivity (Wildman–Crippen MR) is 96.7 cm³/mol. The van der Waals surface area contributed by atoms with Crippen molar-refractivity contribution >= 4 is 28.4 Å². The highest BCUT2D eigenvalue weighted by atomic mass is 35.5. The fraction of sp³-hybridized carbons (Fsp3) is 0.368. The number of H-pyrrole nitrogens is 1. The molecule has 1 aliphatic rings. The van der Waals surface area contributed by atoms with Crippen LogP contribution in [0.5, 0.6) is 0 Å². The maximum atomic E-state index is 12.8. The van der Waals surface area contributed by atoms with Crippen LogP contribution >= 0.6 is 11.6 Å². The van der Waals surface area contributed by atoms with Crippen LogP contribution in [0, 0.1) is 6.92 Å². The lowest BCUT2D eigenvalue weighted by Crippen LogP contribution is -2.38. The SMILES string of the molecule is Cc1noc(Cl)c1CCC(=O)N1CCc2c([nH]c3ccccc23)[C@H]1C. The summed E-state index contributed by atoms with van der Waals surface area (Å²) < 4.78 is 4.96. The van der Waals surface area contributed by atoms with E-state index >= 15 is 0 Å². The molecular weight excluding hydrogens is 338 g/mol. The Kier molecular flexibility index (Phi) is 4.04. The van der Waals surface area contributed by atoms with E-state index in [4.69, 9.17) is 16.1 Å². The van der Waals surface area contributed by atoms with E-state index in [2.05, 4.69) is 35.3 Å². The van der Waals surface area contributed by atoms with Crippen molar-refractivity contribution in [2.45, 2.75) is 39.2 Å². The van der Waals surface area contributed by atoms with Crippen LogP contribution in [-0.4, -0.2) is 27.5 Å². The van der Waals surface area contributed by atoms with Crippen LogP contribution in [0.25, 0.3) is 10.9 Å². The molecule has 0 saturated heterocycles. The van der Waals surface area contributed by atoms with Gasteiger partial charge in [-0.1, -0.05) is 23.4 Å². The molecule has 0 fully saturated rings. The van der Waals surface area contributed by atoms with Crippen LogP contribution in [0.3, 0.4) is 0 Å². The number of carbonyl (C=O) groups excluding carboxylic acids is 1. The number of halogens is 1. The zero-order valence-corrected chi connectivity index (χ0v) is 15.1. The summed E-state index contributed by atoms with van der Waals surface area (Å²) in [4.78, 5) is 18.2. The van der Waals surface area contributed by atoms with Gasteiger partial charge in [-0.3, -0.25) is 4.79 Å². The average molecular weight is 358 g/mol. The second kappa shape index (κ2) is 6.23. The van der Waals surface area contributed by atoms with E-state index in [1.54, 1.807) is 0 Å². The van der Waals surface area contributed by atoms with Crippen LogP contribution in [0.15, 0.2) is 28.8 Å². The molecular formula is C19H20ClN3O2. The van der Waals surface area contributed by atoms with Gasteiger partial charge in [-0.05, 0) is 49.9 Å². The fourth-order valence-electron chi connectivity index (χ4n) is 3.78. The number of aromatic nitrogens is 2. The first kappa shape index (κ1) is 16.2. The van der Waals surface area contributed by atoms with Crippen molar-refractivity contribution in [2.75, 3.05) is 6.54 Å². The minimum atomic E-state index is 0.0442. The number of amides is 1. The lowest BCUT2D eigenvalue weighted by Gasteiger charge is -2.33. The fourth-order valence-corrected chi connectivity index (χ4v) is 4.05. The van der Waals surface area contributed by atoms with Crippen molar-refractivity contribution in [1.82, 2.24) is 15.0 Å². The largest absolute Gasteiger partial charge is 0.356 e. The Morgan fingerprint density at radius 3 is 3.00 bits per heavy atom. The van der Waals surface area contributed by atoms with Gasteiger partial charge in [0.2, 0.25) is 11.1 Å². The second-order valence-corrected chi connectivity index (χ2v) is 6.94. The number of hydrogen-bond acceptors (Lipinski definition) is 3. The molecule has 1 N–H and O–H groups in total. The van der Waals surface area contributed by atoms with Crippen LogP contribution in [0.2, 0.25) is 5.22 Å². The van der Waals surface area contributed by atoms with Gasteiger partial charge in [-0.25, -0.2) is 0 Å². The van der Waals surface area contributed by atoms with Crippen LogP contribution in [0.1, 0.15) is 41.9 Å². The Balaban J connectivity index is 1.53. The van der Waals surface area contributed by atoms with Gasteiger partial charge in [0.05, 0.1) is 11.7 Å². The molecule has 2 aromatic heterocycles. The highest BCUT2D eigenvalue weighted by molar-refractivity contribution is 6.29. The van der Waals surface area contributed by atoms with Crippen molar-refractivity contribution in [3.05, 3.63) is 52.0 Å². The van der Waals surface area contributed by atoms with E-state index in [9.17, 15) is 4.79 Å². The molecule has 0 unspecified atom stereocenters. The van der Waals surface area contributed by atoms with E-state index in [1.807, 2.05) is 17.9 Å². The molecule has 1 aliphatic heterocycles. The van der Waals surface area contributed by atoms with Gasteiger partial charge in [-0.2, -0.15) is 0 Å². The summed E-state index contributed by atoms with van der Waals surface area (Å²) in [6.45, 7) is 4.67. The van der Waals surface area contributed by atoms with Crippen LogP contribution in [-0.2, 0) is 17.6 Å². The van der Waals surface area contributed by atoms with E-state index in [0.717, 1.165) is 35.4 Å². The third kappa shape index (κ3) is 2.72. The Hall–Kier alpha value is -2.27. The highest BCUT2D eigenvalue weighted by Gasteiger charge is 2.30. The zero-order chi connectivity index (χ0) is 17.6. The van der Waals surface area contributed by atoms with Gasteiger partial charge in [0.15, 0.2) is 0 Å². The first-order valence-corrected chi connectivity index (χ1v) is 8.93. The van der Waals surface area contributed by atoms with Gasteiger partial charge in [-0.15, -0.1) is 0 Å². The van der Waals surface area contributed by atoms with Gasteiger partial charge in [0.1, 0.15) is 0 Å². The van der Waals surface area contributed by atoms with Crippen molar-refractivity contribution in [3.63, 3.8) is 0 Å². The number of benzene rings is 1. The van der Waals surface area contributed by atoms with Crippen LogP contribution in [0.4, 0.5) is 0 Å². The molecule has 3 aromatic rings. The van der Waals surface area contributed by atoms with Crippen molar-refractivity contribution in [2.24, 2.45) is 0 Å². The number of hydrogen-bond donors (Lipinski definition) is 1. The third-order valence-electron chi connectivity index (χ3n) is 5.18. The number of fused-ring (bicyclic) bond motifs is 3. The molecule has 4 rings (SSSR count). The molecule has 130 valence electrons. The highest BCUT2D eigenvalue weighted by Crippen LogP contribution is 2.34. The maximum Gasteiger partial charge on any atom is 0.229 e. The van der Waals surface area contributed by atoms with Crippen molar-refractivity contribution < 1.29 is 9.32 Å². The topological polar surface area (TPSA) is 62.1 Å². The molecule has 5 nitrogen and oxygen atoms in total. The molecule has 3 heterocycles. The number of para-hydroxylation sites is 1. The van der Waals surface area contributed by atoms with Gasteiger partial charge >= 0.3 is 0 Å². The minimum absolute atomic E-state index is 0.0442. The Morgan fingerprint density at radius 2 is 2.24 bits per heavy atom. The van der Waals surface area contributed by atoms with Gasteiger partial charge < -0.3 is 14.4 Å². The summed E-state index contributed by atoms with van der Waals surface area (Å²) in [6.07, 6.45) is 1.83. The standard InChI is InChI=1S/C19H20ClN3O2/c1-11-13(19(20)25-22-11)7-8-17(24)23-10-9-15-14-5-3-4-6-16(14)21-18(15)12(23)2/h3-6,12,21H,7-10H2,1-2H3/t12-/m1/s1. The summed E-state index contributed by atoms with van der Waals surface area (Å²) in [5.41, 5.74) is 5.21. The summed E-state index contributed by atoms with van der Waals surface area (Å²) in [5, 5.41) is 5.39. The number of rotatable bonds is 3. The van der Waals surface area contributed by atoms with Crippen molar-refractivity contribution in [3.8, 4) is 0 Å². The zero-order valence-electron chi connectivity index (χ0n) is 14.3. The number of aryl methyl sites for hydroxylation is 1. The number of carbonyl (C=O) groups is 1. The monoisotopic (exact) mass is 357 g/mol. The first-order chi connectivity index (χ1) is 12.1. The Labute approximate surface area is 150 Å². The second-order valence-electron chi connectivity index (χ2n) is 6.60. The normalized spacial score (nSPS) is 17.1. The molecule has 0 bridgehead atoms. The molecule has 1 amide bonds. The molecule has 0 radical (unpaired) electrons. The Morgan fingerprint density at radius 1 is 1.44 bits per heavy atom. The molecule has 1 atom stereocenters. The number of nitrogens with one attached hydrogen (secondary N) is 1. The quantitative estimate of drug-likeness (QED) is 0.764. The van der Waals surface area contributed by atoms with Crippen molar-refractivity contribution in [1.29, 1.82) is 0 Å². The lowest BCUT2D eigenvalue weighted by atomic mass is 9.97. The first-order valence-electron chi connectivity index (χ1n) is 8.56. The van der Waals surface area contributed by atoms with Crippen LogP contribution < -0.4 is 0 Å². The molecule has 0 aliphatic carbocycles. The molecule has 1 aromatic carbocycles. The predicted octanol–water partition coefficient (Wildman–Crippen LogP) is 4.20. The maximum absolute atomic E-state index is 12.8. The summed E-state index contributed by atoms with van der Waals surface area (Å²) in [7, 11) is 0. The van der Waals surface area contributed by atoms with E-state index in [-0.39, 0.29) is 17.2 Å². The summed E-state index contributed by atoms with van der Waals surface area (Å²) in [6, 6.07) is 8.36. The number of aromatic amines is 1. The third-order valence-corrected chi connectivity index (χ3v) is 5.48. The summed E-state index contributed by atoms with van der Waals surface area (Å²) >= 11 is 6.00. The smallest absolute Gasteiger partial charge is 0.229 e. The van der Waals surface area contributed by atoms with E-state index < -0.39 is 0 Å². The van der Waals surface area contributed by atoms with Gasteiger partial charge in [0.25, 0.3) is 0 Å². The molecule has 6 heteroatoms. The molecule has 0 spiro atoms. The van der Waals surface area contributed by atoms with Gasteiger partial charge in [0, 0.05) is 35.1 Å². The summed E-state index contributed by atoms with van der Waals surface area (Å²) in [5.74, 6) is 0.133. The average Bonchev–Trinajstić information content (AvgIpc) is 3.14. The molecule has 0 saturated carbocycles. The van der Waals surface area contributed by atoms with E-state index in [0.29, 0.717) is 12.8 Å². The lowest BCUT2D eigenvalue weighted by molar-refractivity contribution is -0.133. The molecule has 25 heavy (non-hydrogen) atoms. The van der Waals surface area contributed by atoms with E-state index in [1.165, 1.54) is 10.9 Å².